The van der Waals surface area contributed by atoms with Gasteiger partial charge in [0.15, 0.2) is 29.1 Å². The molecule has 0 aliphatic carbocycles. The molecule has 0 saturated carbocycles. The highest BCUT2D eigenvalue weighted by molar-refractivity contribution is 5.98. The van der Waals surface area contributed by atoms with Crippen molar-refractivity contribution in [2.45, 2.75) is 6.10 Å². The van der Waals surface area contributed by atoms with Gasteiger partial charge in [-0.25, -0.2) is 4.79 Å². The summed E-state index contributed by atoms with van der Waals surface area (Å²) in [5, 5.41) is 0. The van der Waals surface area contributed by atoms with Crippen LogP contribution in [0.25, 0.3) is 0 Å². The third-order valence-corrected chi connectivity index (χ3v) is 4.31. The van der Waals surface area contributed by atoms with Gasteiger partial charge in [-0.15, -0.1) is 0 Å². The lowest BCUT2D eigenvalue weighted by Gasteiger charge is -2.18. The quantitative estimate of drug-likeness (QED) is 0.733. The fraction of sp³-hybridized carbons (Fsp3) is 0.316. The number of carbonyl (C=O) groups excluding carboxylic acids is 1. The summed E-state index contributed by atoms with van der Waals surface area (Å²) in [5.74, 6) is 1.86. The number of cyclic esters (lactones) is 1. The van der Waals surface area contributed by atoms with Gasteiger partial charge in [0.25, 0.3) is 0 Å². The summed E-state index contributed by atoms with van der Waals surface area (Å²) in [6.07, 6.45) is -0.660. The van der Waals surface area contributed by atoms with E-state index in [1.54, 1.807) is 31.4 Å². The van der Waals surface area contributed by atoms with Crippen LogP contribution in [0.4, 0.5) is 0 Å². The number of ether oxygens (including phenoxy) is 6. The minimum Gasteiger partial charge on any atom is -0.496 e. The zero-order valence-electron chi connectivity index (χ0n) is 15.2. The van der Waals surface area contributed by atoms with E-state index in [0.717, 1.165) is 0 Å². The van der Waals surface area contributed by atoms with Gasteiger partial charge in [0.1, 0.15) is 11.3 Å². The molecule has 0 fully saturated rings. The second kappa shape index (κ2) is 7.03. The Morgan fingerprint density at radius 1 is 0.731 bits per heavy atom. The summed E-state index contributed by atoms with van der Waals surface area (Å²) in [6, 6.07) is 6.95. The highest BCUT2D eigenvalue weighted by Crippen LogP contribution is 2.48. The van der Waals surface area contributed by atoms with E-state index in [4.69, 9.17) is 28.4 Å². The number of fused-ring (bicyclic) bond motifs is 1. The minimum atomic E-state index is -0.660. The summed E-state index contributed by atoms with van der Waals surface area (Å²) < 4.78 is 32.4. The minimum absolute atomic E-state index is 0.341. The lowest BCUT2D eigenvalue weighted by atomic mass is 9.97. The van der Waals surface area contributed by atoms with Crippen molar-refractivity contribution in [1.82, 2.24) is 0 Å². The third kappa shape index (κ3) is 2.65. The number of esters is 1. The molecule has 26 heavy (non-hydrogen) atoms. The van der Waals surface area contributed by atoms with E-state index in [1.807, 2.05) is 0 Å². The lowest BCUT2D eigenvalue weighted by Crippen LogP contribution is -2.04. The average molecular weight is 360 g/mol. The van der Waals surface area contributed by atoms with Gasteiger partial charge in [0.05, 0.1) is 35.5 Å². The molecule has 1 atom stereocenters. The molecule has 0 saturated heterocycles. The normalized spacial score (nSPS) is 15.1. The van der Waals surface area contributed by atoms with E-state index in [0.29, 0.717) is 45.4 Å². The molecule has 1 unspecified atom stereocenters. The van der Waals surface area contributed by atoms with Gasteiger partial charge >= 0.3 is 5.97 Å². The van der Waals surface area contributed by atoms with Crippen molar-refractivity contribution >= 4 is 5.97 Å². The molecule has 0 aromatic heterocycles. The third-order valence-electron chi connectivity index (χ3n) is 4.31. The standard InChI is InChI=1S/C19H20O7/c1-21-12-7-6-10-16(18(12)25-5)19(20)26-17(10)11-8-14(23-3)15(24-4)9-13(11)22-2/h6-9,17H,1-5H3. The van der Waals surface area contributed by atoms with Gasteiger partial charge in [0, 0.05) is 17.2 Å². The van der Waals surface area contributed by atoms with Gasteiger partial charge in [-0.1, -0.05) is 6.07 Å². The van der Waals surface area contributed by atoms with E-state index in [9.17, 15) is 4.79 Å². The zero-order chi connectivity index (χ0) is 18.8. The van der Waals surface area contributed by atoms with Crippen molar-refractivity contribution in [3.05, 3.63) is 41.0 Å². The molecular formula is C19H20O7. The van der Waals surface area contributed by atoms with Crippen LogP contribution in [0.2, 0.25) is 0 Å². The molecule has 0 bridgehead atoms. The van der Waals surface area contributed by atoms with E-state index in [1.165, 1.54) is 28.4 Å². The summed E-state index contributed by atoms with van der Waals surface area (Å²) in [6.45, 7) is 0. The first-order valence-corrected chi connectivity index (χ1v) is 7.85. The topological polar surface area (TPSA) is 72.5 Å². The number of hydrogen-bond acceptors (Lipinski definition) is 7. The van der Waals surface area contributed by atoms with Crippen LogP contribution < -0.4 is 23.7 Å². The first-order valence-electron chi connectivity index (χ1n) is 7.85. The van der Waals surface area contributed by atoms with Crippen LogP contribution in [0, 0.1) is 0 Å². The molecule has 2 aromatic carbocycles. The first-order chi connectivity index (χ1) is 12.6. The van der Waals surface area contributed by atoms with Crippen LogP contribution in [0.3, 0.4) is 0 Å². The lowest BCUT2D eigenvalue weighted by molar-refractivity contribution is 0.0450. The van der Waals surface area contributed by atoms with E-state index < -0.39 is 12.1 Å². The number of carbonyl (C=O) groups is 1. The smallest absolute Gasteiger partial charge is 0.343 e. The molecule has 0 N–H and O–H groups in total. The van der Waals surface area contributed by atoms with Crippen molar-refractivity contribution in [1.29, 1.82) is 0 Å². The molecule has 0 radical (unpaired) electrons. The fourth-order valence-corrected chi connectivity index (χ4v) is 3.09. The molecule has 0 spiro atoms. The van der Waals surface area contributed by atoms with Gasteiger partial charge in [-0.05, 0) is 12.1 Å². The summed E-state index contributed by atoms with van der Waals surface area (Å²) in [5.41, 5.74) is 1.65. The number of benzene rings is 2. The summed E-state index contributed by atoms with van der Waals surface area (Å²) in [7, 11) is 7.61. The van der Waals surface area contributed by atoms with Gasteiger partial charge in [-0.3, -0.25) is 0 Å². The molecule has 7 heteroatoms. The highest BCUT2D eigenvalue weighted by atomic mass is 16.6. The predicted molar refractivity (Wildman–Crippen MR) is 92.9 cm³/mol. The maximum Gasteiger partial charge on any atom is 0.343 e. The number of methoxy groups -OCH3 is 5. The van der Waals surface area contributed by atoms with Crippen molar-refractivity contribution in [2.75, 3.05) is 35.5 Å². The summed E-state index contributed by atoms with van der Waals surface area (Å²) >= 11 is 0. The second-order valence-corrected chi connectivity index (χ2v) is 5.50. The Bertz CT molecular complexity index is 844. The van der Waals surface area contributed by atoms with Crippen molar-refractivity contribution < 1.29 is 33.2 Å². The van der Waals surface area contributed by atoms with Crippen LogP contribution in [-0.2, 0) is 4.74 Å². The number of hydrogen-bond donors (Lipinski definition) is 0. The Hall–Kier alpha value is -3.09. The molecule has 3 rings (SSSR count). The molecule has 2 aromatic rings. The van der Waals surface area contributed by atoms with Crippen LogP contribution in [0.5, 0.6) is 28.7 Å². The van der Waals surface area contributed by atoms with Crippen LogP contribution in [0.1, 0.15) is 27.6 Å². The Labute approximate surface area is 151 Å². The average Bonchev–Trinajstić information content (AvgIpc) is 3.02. The van der Waals surface area contributed by atoms with E-state index in [-0.39, 0.29) is 0 Å². The maximum atomic E-state index is 12.5. The van der Waals surface area contributed by atoms with Gasteiger partial charge < -0.3 is 28.4 Å². The Morgan fingerprint density at radius 2 is 1.35 bits per heavy atom. The SMILES string of the molecule is COc1cc(OC)c(C2OC(=O)c3c2ccc(OC)c3OC)cc1OC. The Kier molecular flexibility index (Phi) is 4.79. The molecule has 0 amide bonds. The molecule has 1 aliphatic rings. The number of rotatable bonds is 6. The molecule has 1 heterocycles. The zero-order valence-corrected chi connectivity index (χ0v) is 15.2. The molecule has 138 valence electrons. The molecule has 7 nitrogen and oxygen atoms in total. The monoisotopic (exact) mass is 360 g/mol. The van der Waals surface area contributed by atoms with Crippen LogP contribution in [0.15, 0.2) is 24.3 Å². The van der Waals surface area contributed by atoms with Gasteiger partial charge in [0.2, 0.25) is 0 Å². The fourth-order valence-electron chi connectivity index (χ4n) is 3.09. The van der Waals surface area contributed by atoms with Crippen LogP contribution in [-0.4, -0.2) is 41.5 Å². The summed E-state index contributed by atoms with van der Waals surface area (Å²) in [4.78, 5) is 12.5. The first kappa shape index (κ1) is 17.7. The van der Waals surface area contributed by atoms with Crippen LogP contribution >= 0.6 is 0 Å². The highest BCUT2D eigenvalue weighted by Gasteiger charge is 2.38. The Morgan fingerprint density at radius 3 is 1.92 bits per heavy atom. The predicted octanol–water partition coefficient (Wildman–Crippen LogP) is 2.99. The largest absolute Gasteiger partial charge is 0.496 e. The van der Waals surface area contributed by atoms with E-state index >= 15 is 0 Å². The van der Waals surface area contributed by atoms with Crippen molar-refractivity contribution in [3.63, 3.8) is 0 Å². The van der Waals surface area contributed by atoms with Crippen molar-refractivity contribution in [3.8, 4) is 28.7 Å². The van der Waals surface area contributed by atoms with Gasteiger partial charge in [-0.2, -0.15) is 0 Å². The molecule has 1 aliphatic heterocycles. The Balaban J connectivity index is 2.18. The molecular weight excluding hydrogens is 340 g/mol. The van der Waals surface area contributed by atoms with Crippen molar-refractivity contribution in [2.24, 2.45) is 0 Å². The maximum absolute atomic E-state index is 12.5. The second-order valence-electron chi connectivity index (χ2n) is 5.50. The van der Waals surface area contributed by atoms with E-state index in [2.05, 4.69) is 0 Å².